The van der Waals surface area contributed by atoms with Gasteiger partial charge < -0.3 is 14.8 Å². The summed E-state index contributed by atoms with van der Waals surface area (Å²) in [4.78, 5) is 18.2. The maximum Gasteiger partial charge on any atom is 0.289 e. The zero-order chi connectivity index (χ0) is 10.5. The molecule has 6 heteroatoms. The van der Waals surface area contributed by atoms with Crippen molar-refractivity contribution < 1.29 is 9.32 Å². The predicted octanol–water partition coefficient (Wildman–Crippen LogP) is 0.370. The van der Waals surface area contributed by atoms with Crippen LogP contribution in [-0.4, -0.2) is 27.6 Å². The number of nitrogens with one attached hydrogen (secondary N) is 2. The van der Waals surface area contributed by atoms with E-state index in [1.807, 2.05) is 0 Å². The third-order valence-corrected chi connectivity index (χ3v) is 1.90. The fourth-order valence-corrected chi connectivity index (χ4v) is 1.15. The molecule has 0 saturated heterocycles. The lowest BCUT2D eigenvalue weighted by atomic mass is 10.3. The van der Waals surface area contributed by atoms with E-state index in [1.54, 1.807) is 12.5 Å². The molecule has 0 spiro atoms. The van der Waals surface area contributed by atoms with E-state index >= 15 is 0 Å². The number of aromatic nitrogens is 3. The fourth-order valence-electron chi connectivity index (χ4n) is 1.15. The van der Waals surface area contributed by atoms with E-state index in [-0.39, 0.29) is 11.7 Å². The molecule has 0 fully saturated rings. The summed E-state index contributed by atoms with van der Waals surface area (Å²) in [6.45, 7) is 0.529. The maximum atomic E-state index is 11.4. The molecule has 2 N–H and O–H groups in total. The second-order valence-electron chi connectivity index (χ2n) is 2.96. The Balaban J connectivity index is 1.77. The van der Waals surface area contributed by atoms with Crippen LogP contribution in [0.3, 0.4) is 0 Å². The highest BCUT2D eigenvalue weighted by molar-refractivity contribution is 5.91. The van der Waals surface area contributed by atoms with Gasteiger partial charge in [-0.25, -0.2) is 4.98 Å². The first-order valence-electron chi connectivity index (χ1n) is 4.52. The Morgan fingerprint density at radius 3 is 3.20 bits per heavy atom. The summed E-state index contributed by atoms with van der Waals surface area (Å²) in [5.41, 5.74) is 0.980. The molecule has 0 aromatic carbocycles. The van der Waals surface area contributed by atoms with Crippen molar-refractivity contribution in [2.24, 2.45) is 0 Å². The summed E-state index contributed by atoms with van der Waals surface area (Å²) in [6.07, 6.45) is 5.47. The summed E-state index contributed by atoms with van der Waals surface area (Å²) in [6, 6.07) is 1.52. The van der Waals surface area contributed by atoms with E-state index in [2.05, 4.69) is 20.4 Å². The van der Waals surface area contributed by atoms with Crippen LogP contribution in [0, 0.1) is 0 Å². The first-order chi connectivity index (χ1) is 7.36. The van der Waals surface area contributed by atoms with E-state index < -0.39 is 0 Å². The van der Waals surface area contributed by atoms with Gasteiger partial charge in [0.2, 0.25) is 5.76 Å². The molecule has 0 aliphatic carbocycles. The second-order valence-corrected chi connectivity index (χ2v) is 2.96. The predicted molar refractivity (Wildman–Crippen MR) is 51.1 cm³/mol. The molecule has 0 radical (unpaired) electrons. The van der Waals surface area contributed by atoms with Crippen molar-refractivity contribution in [3.8, 4) is 0 Å². The van der Waals surface area contributed by atoms with Crippen molar-refractivity contribution >= 4 is 5.91 Å². The van der Waals surface area contributed by atoms with Crippen molar-refractivity contribution in [2.45, 2.75) is 6.42 Å². The molecule has 0 aliphatic rings. The first-order valence-corrected chi connectivity index (χ1v) is 4.52. The lowest BCUT2D eigenvalue weighted by Gasteiger charge is -2.00. The number of carbonyl (C=O) groups excluding carboxylic acids is 1. The van der Waals surface area contributed by atoms with Crippen LogP contribution in [0.2, 0.25) is 0 Å². The largest absolute Gasteiger partial charge is 0.351 e. The van der Waals surface area contributed by atoms with Gasteiger partial charge in [-0.15, -0.1) is 0 Å². The Kier molecular flexibility index (Phi) is 2.77. The van der Waals surface area contributed by atoms with Crippen LogP contribution in [0.15, 0.2) is 29.3 Å². The average molecular weight is 206 g/mol. The third-order valence-electron chi connectivity index (χ3n) is 1.90. The molecule has 0 saturated carbocycles. The Labute approximate surface area is 85.7 Å². The van der Waals surface area contributed by atoms with Gasteiger partial charge in [0.15, 0.2) is 0 Å². The quantitative estimate of drug-likeness (QED) is 0.757. The second kappa shape index (κ2) is 4.41. The molecule has 0 bridgehead atoms. The molecule has 2 aromatic rings. The molecule has 1 amide bonds. The topological polar surface area (TPSA) is 83.8 Å². The number of hydrogen-bond acceptors (Lipinski definition) is 4. The van der Waals surface area contributed by atoms with Crippen LogP contribution < -0.4 is 5.32 Å². The van der Waals surface area contributed by atoms with E-state index in [0.717, 1.165) is 5.69 Å². The van der Waals surface area contributed by atoms with Gasteiger partial charge in [-0.3, -0.25) is 4.79 Å². The number of rotatable bonds is 4. The van der Waals surface area contributed by atoms with Gasteiger partial charge in [-0.05, 0) is 0 Å². The van der Waals surface area contributed by atoms with Crippen molar-refractivity contribution in [3.05, 3.63) is 36.2 Å². The van der Waals surface area contributed by atoms with Crippen LogP contribution in [-0.2, 0) is 6.42 Å². The van der Waals surface area contributed by atoms with Crippen LogP contribution in [0.25, 0.3) is 0 Å². The number of nitrogens with zero attached hydrogens (tertiary/aromatic N) is 2. The van der Waals surface area contributed by atoms with Crippen molar-refractivity contribution in [1.82, 2.24) is 20.4 Å². The average Bonchev–Trinajstić information content (AvgIpc) is 2.90. The van der Waals surface area contributed by atoms with E-state index in [0.29, 0.717) is 13.0 Å². The summed E-state index contributed by atoms with van der Waals surface area (Å²) < 4.78 is 4.70. The highest BCUT2D eigenvalue weighted by Crippen LogP contribution is 1.96. The highest BCUT2D eigenvalue weighted by Gasteiger charge is 2.08. The highest BCUT2D eigenvalue weighted by atomic mass is 16.5. The summed E-state index contributed by atoms with van der Waals surface area (Å²) in [5, 5.41) is 6.15. The lowest BCUT2D eigenvalue weighted by molar-refractivity contribution is 0.0917. The molecule has 2 heterocycles. The smallest absolute Gasteiger partial charge is 0.289 e. The molecule has 2 aromatic heterocycles. The van der Waals surface area contributed by atoms with Gasteiger partial charge in [0.1, 0.15) is 0 Å². The van der Waals surface area contributed by atoms with Gasteiger partial charge in [0.25, 0.3) is 5.91 Å². The van der Waals surface area contributed by atoms with Gasteiger partial charge in [0.05, 0.1) is 12.5 Å². The van der Waals surface area contributed by atoms with Gasteiger partial charge in [-0.1, -0.05) is 5.16 Å². The van der Waals surface area contributed by atoms with Crippen molar-refractivity contribution in [3.63, 3.8) is 0 Å². The Hall–Kier alpha value is -2.11. The number of imidazole rings is 1. The minimum absolute atomic E-state index is 0.222. The van der Waals surface area contributed by atoms with E-state index in [9.17, 15) is 4.79 Å². The molecule has 0 atom stereocenters. The number of H-pyrrole nitrogens is 1. The molecule has 78 valence electrons. The fraction of sp³-hybridized carbons (Fsp3) is 0.222. The van der Waals surface area contributed by atoms with Gasteiger partial charge in [-0.2, -0.15) is 0 Å². The molecule has 0 unspecified atom stereocenters. The number of amides is 1. The Morgan fingerprint density at radius 2 is 2.53 bits per heavy atom. The first kappa shape index (κ1) is 9.45. The maximum absolute atomic E-state index is 11.4. The summed E-state index contributed by atoms with van der Waals surface area (Å²) in [7, 11) is 0. The minimum Gasteiger partial charge on any atom is -0.351 e. The molecule has 15 heavy (non-hydrogen) atoms. The molecule has 0 aliphatic heterocycles. The summed E-state index contributed by atoms with van der Waals surface area (Å²) in [5.74, 6) is -0.0355. The zero-order valence-electron chi connectivity index (χ0n) is 7.93. The number of carbonyl (C=O) groups is 1. The van der Waals surface area contributed by atoms with Crippen LogP contribution in [0.4, 0.5) is 0 Å². The van der Waals surface area contributed by atoms with Gasteiger partial charge >= 0.3 is 0 Å². The van der Waals surface area contributed by atoms with Crippen LogP contribution in [0.5, 0.6) is 0 Å². The number of hydrogen-bond donors (Lipinski definition) is 2. The Morgan fingerprint density at radius 1 is 1.60 bits per heavy atom. The van der Waals surface area contributed by atoms with Crippen molar-refractivity contribution in [2.75, 3.05) is 6.54 Å². The van der Waals surface area contributed by atoms with E-state index in [4.69, 9.17) is 4.52 Å². The molecule has 2 rings (SSSR count). The monoisotopic (exact) mass is 206 g/mol. The minimum atomic E-state index is -0.257. The normalized spacial score (nSPS) is 10.1. The van der Waals surface area contributed by atoms with Crippen LogP contribution in [0.1, 0.15) is 16.2 Å². The van der Waals surface area contributed by atoms with Gasteiger partial charge in [0, 0.05) is 30.9 Å². The third kappa shape index (κ3) is 2.43. The van der Waals surface area contributed by atoms with Crippen molar-refractivity contribution in [1.29, 1.82) is 0 Å². The molecule has 6 nitrogen and oxygen atoms in total. The lowest BCUT2D eigenvalue weighted by Crippen LogP contribution is -2.25. The zero-order valence-corrected chi connectivity index (χ0v) is 7.93. The summed E-state index contributed by atoms with van der Waals surface area (Å²) >= 11 is 0. The van der Waals surface area contributed by atoms with Crippen LogP contribution >= 0.6 is 0 Å². The Bertz CT molecular complexity index is 407. The number of aromatic amines is 1. The SMILES string of the molecule is O=C(NCCc1cnc[nH]1)c1ccno1. The molecular weight excluding hydrogens is 196 g/mol. The molecular formula is C9H10N4O2. The van der Waals surface area contributed by atoms with E-state index in [1.165, 1.54) is 12.3 Å². The standard InChI is InChI=1S/C9H10N4O2/c14-9(8-2-4-13-15-8)11-3-1-7-5-10-6-12-7/h2,4-6H,1,3H2,(H,10,12)(H,11,14).